The van der Waals surface area contributed by atoms with Gasteiger partial charge in [-0.2, -0.15) is 0 Å². The Labute approximate surface area is 169 Å². The minimum Gasteiger partial charge on any atom is -0.508 e. The van der Waals surface area contributed by atoms with E-state index in [0.29, 0.717) is 28.6 Å². The molecular weight excluding hydrogens is 366 g/mol. The fraction of sp³-hybridized carbons (Fsp3) is 0.333. The molecule has 1 atom stereocenters. The van der Waals surface area contributed by atoms with Gasteiger partial charge in [0.05, 0.1) is 17.0 Å². The van der Waals surface area contributed by atoms with Gasteiger partial charge in [-0.05, 0) is 55.2 Å². The summed E-state index contributed by atoms with van der Waals surface area (Å²) in [4.78, 5) is 28.5. The first kappa shape index (κ1) is 19.2. The number of carbonyl (C=O) groups is 1. The van der Waals surface area contributed by atoms with Crippen molar-refractivity contribution in [3.8, 4) is 5.75 Å². The van der Waals surface area contributed by atoms with Crippen molar-refractivity contribution >= 4 is 16.9 Å². The largest absolute Gasteiger partial charge is 0.508 e. The average molecular weight is 391 g/mol. The molecule has 3 aromatic rings. The maximum Gasteiger partial charge on any atom is 0.290 e. The molecular formula is C24H25NO4. The molecule has 1 unspecified atom stereocenters. The number of rotatable bonds is 5. The number of unbranched alkanes of at least 4 members (excludes halogenated alkanes) is 2. The van der Waals surface area contributed by atoms with Gasteiger partial charge in [-0.25, -0.2) is 0 Å². The molecule has 0 aliphatic carbocycles. The number of amides is 1. The molecule has 1 amide bonds. The van der Waals surface area contributed by atoms with E-state index in [4.69, 9.17) is 4.42 Å². The molecule has 2 aromatic carbocycles. The quantitative estimate of drug-likeness (QED) is 0.631. The molecule has 0 saturated carbocycles. The first-order valence-corrected chi connectivity index (χ1v) is 10.1. The van der Waals surface area contributed by atoms with Crippen LogP contribution in [-0.2, 0) is 0 Å². The zero-order valence-corrected chi connectivity index (χ0v) is 17.0. The lowest BCUT2D eigenvalue weighted by molar-refractivity contribution is 0.0724. The zero-order chi connectivity index (χ0) is 20.7. The highest BCUT2D eigenvalue weighted by atomic mass is 16.3. The zero-order valence-electron chi connectivity index (χ0n) is 17.0. The van der Waals surface area contributed by atoms with Crippen molar-refractivity contribution in [2.24, 2.45) is 0 Å². The lowest BCUT2D eigenvalue weighted by atomic mass is 9.96. The summed E-state index contributed by atoms with van der Waals surface area (Å²) in [5.74, 6) is -0.0335. The van der Waals surface area contributed by atoms with E-state index in [1.54, 1.807) is 29.2 Å². The van der Waals surface area contributed by atoms with Crippen molar-refractivity contribution in [2.45, 2.75) is 46.1 Å². The van der Waals surface area contributed by atoms with Gasteiger partial charge >= 0.3 is 0 Å². The Kier molecular flexibility index (Phi) is 4.91. The molecule has 150 valence electrons. The van der Waals surface area contributed by atoms with Crippen molar-refractivity contribution in [3.63, 3.8) is 0 Å². The van der Waals surface area contributed by atoms with Gasteiger partial charge in [0.15, 0.2) is 5.43 Å². The van der Waals surface area contributed by atoms with E-state index in [1.807, 2.05) is 26.0 Å². The summed E-state index contributed by atoms with van der Waals surface area (Å²) in [5, 5.41) is 10.5. The predicted octanol–water partition coefficient (Wildman–Crippen LogP) is 4.85. The highest BCUT2D eigenvalue weighted by molar-refractivity contribution is 5.99. The monoisotopic (exact) mass is 391 g/mol. The molecule has 1 aromatic heterocycles. The number of carbonyl (C=O) groups excluding carboxylic acids is 1. The Bertz CT molecular complexity index is 1160. The number of nitrogens with zero attached hydrogens (tertiary/aromatic N) is 1. The summed E-state index contributed by atoms with van der Waals surface area (Å²) in [6.45, 7) is 6.47. The number of aryl methyl sites for hydroxylation is 2. The van der Waals surface area contributed by atoms with Crippen molar-refractivity contribution < 1.29 is 14.3 Å². The lowest BCUT2D eigenvalue weighted by Gasteiger charge is -2.25. The van der Waals surface area contributed by atoms with Crippen molar-refractivity contribution in [3.05, 3.63) is 74.6 Å². The standard InChI is InChI=1S/C24H25NO4/c1-4-5-6-10-25-21(16-8-7-9-17(26)13-16)20-22(27)19-15(3)11-14(2)12-18(19)29-23(20)24(25)28/h7-9,11-13,21,26H,4-6,10H2,1-3H3. The van der Waals surface area contributed by atoms with Gasteiger partial charge in [0, 0.05) is 6.54 Å². The summed E-state index contributed by atoms with van der Waals surface area (Å²) >= 11 is 0. The number of aromatic hydroxyl groups is 1. The van der Waals surface area contributed by atoms with Crippen LogP contribution in [0.25, 0.3) is 11.0 Å². The Morgan fingerprint density at radius 2 is 1.90 bits per heavy atom. The molecule has 0 bridgehead atoms. The Morgan fingerprint density at radius 3 is 2.62 bits per heavy atom. The second kappa shape index (κ2) is 7.39. The normalized spacial score (nSPS) is 15.9. The predicted molar refractivity (Wildman–Crippen MR) is 112 cm³/mol. The molecule has 0 fully saturated rings. The number of fused-ring (bicyclic) bond motifs is 2. The Hall–Kier alpha value is -3.08. The van der Waals surface area contributed by atoms with Crippen molar-refractivity contribution in [1.29, 1.82) is 0 Å². The number of hydrogen-bond donors (Lipinski definition) is 1. The summed E-state index contributed by atoms with van der Waals surface area (Å²) in [7, 11) is 0. The summed E-state index contributed by atoms with van der Waals surface area (Å²) in [5.41, 5.74) is 3.18. The maximum absolute atomic E-state index is 13.5. The van der Waals surface area contributed by atoms with Crippen LogP contribution in [0.2, 0.25) is 0 Å². The van der Waals surface area contributed by atoms with Gasteiger partial charge in [0.1, 0.15) is 11.3 Å². The van der Waals surface area contributed by atoms with Gasteiger partial charge in [-0.3, -0.25) is 9.59 Å². The van der Waals surface area contributed by atoms with Gasteiger partial charge < -0.3 is 14.4 Å². The molecule has 1 aliphatic rings. The smallest absolute Gasteiger partial charge is 0.290 e. The van der Waals surface area contributed by atoms with Crippen LogP contribution in [-0.4, -0.2) is 22.5 Å². The van der Waals surface area contributed by atoms with Crippen molar-refractivity contribution in [2.75, 3.05) is 6.54 Å². The first-order chi connectivity index (χ1) is 13.9. The molecule has 1 N–H and O–H groups in total. The van der Waals surface area contributed by atoms with Gasteiger partial charge in [0.25, 0.3) is 5.91 Å². The third-order valence-electron chi connectivity index (χ3n) is 5.60. The van der Waals surface area contributed by atoms with Crippen LogP contribution in [0.1, 0.15) is 65.0 Å². The summed E-state index contributed by atoms with van der Waals surface area (Å²) in [6, 6.07) is 9.97. The average Bonchev–Trinajstić information content (AvgIpc) is 2.94. The van der Waals surface area contributed by atoms with Crippen LogP contribution in [0.15, 0.2) is 45.6 Å². The topological polar surface area (TPSA) is 70.8 Å². The van der Waals surface area contributed by atoms with Crippen LogP contribution in [0.4, 0.5) is 0 Å². The summed E-state index contributed by atoms with van der Waals surface area (Å²) in [6.07, 6.45) is 2.87. The van der Waals surface area contributed by atoms with E-state index in [0.717, 1.165) is 30.4 Å². The van der Waals surface area contributed by atoms with E-state index in [1.165, 1.54) is 0 Å². The minimum atomic E-state index is -0.553. The number of benzene rings is 2. The maximum atomic E-state index is 13.5. The molecule has 29 heavy (non-hydrogen) atoms. The van der Waals surface area contributed by atoms with Gasteiger partial charge in [0.2, 0.25) is 5.76 Å². The van der Waals surface area contributed by atoms with E-state index >= 15 is 0 Å². The molecule has 1 aliphatic heterocycles. The van der Waals surface area contributed by atoms with Crippen LogP contribution in [0, 0.1) is 13.8 Å². The third-order valence-corrected chi connectivity index (χ3v) is 5.60. The third kappa shape index (κ3) is 3.20. The molecule has 0 radical (unpaired) electrons. The second-order valence-corrected chi connectivity index (χ2v) is 7.83. The van der Waals surface area contributed by atoms with Crippen LogP contribution < -0.4 is 5.43 Å². The molecule has 2 heterocycles. The molecule has 4 rings (SSSR count). The number of hydrogen-bond acceptors (Lipinski definition) is 4. The van der Waals surface area contributed by atoms with E-state index in [9.17, 15) is 14.7 Å². The van der Waals surface area contributed by atoms with Gasteiger partial charge in [-0.1, -0.05) is 38.0 Å². The minimum absolute atomic E-state index is 0.105. The van der Waals surface area contributed by atoms with Gasteiger partial charge in [-0.15, -0.1) is 0 Å². The Morgan fingerprint density at radius 1 is 1.10 bits per heavy atom. The van der Waals surface area contributed by atoms with Crippen molar-refractivity contribution in [1.82, 2.24) is 4.90 Å². The molecule has 0 saturated heterocycles. The molecule has 5 nitrogen and oxygen atoms in total. The van der Waals surface area contributed by atoms with E-state index in [-0.39, 0.29) is 22.8 Å². The van der Waals surface area contributed by atoms with E-state index < -0.39 is 6.04 Å². The Balaban J connectivity index is 1.96. The molecule has 5 heteroatoms. The number of phenols is 1. The van der Waals surface area contributed by atoms with E-state index in [2.05, 4.69) is 6.92 Å². The SMILES string of the molecule is CCCCCN1C(=O)c2oc3cc(C)cc(C)c3c(=O)c2C1c1cccc(O)c1. The highest BCUT2D eigenvalue weighted by Crippen LogP contribution is 2.39. The lowest BCUT2D eigenvalue weighted by Crippen LogP contribution is -2.30. The fourth-order valence-corrected chi connectivity index (χ4v) is 4.32. The fourth-order valence-electron chi connectivity index (χ4n) is 4.32. The second-order valence-electron chi connectivity index (χ2n) is 7.83. The van der Waals surface area contributed by atoms with Crippen LogP contribution in [0.3, 0.4) is 0 Å². The molecule has 0 spiro atoms. The first-order valence-electron chi connectivity index (χ1n) is 10.1. The summed E-state index contributed by atoms with van der Waals surface area (Å²) < 4.78 is 6.02. The van der Waals surface area contributed by atoms with Crippen LogP contribution in [0.5, 0.6) is 5.75 Å². The number of phenolic OH excluding ortho intramolecular Hbond substituents is 1. The highest BCUT2D eigenvalue weighted by Gasteiger charge is 2.42. The van der Waals surface area contributed by atoms with Crippen LogP contribution >= 0.6 is 0 Å².